The summed E-state index contributed by atoms with van der Waals surface area (Å²) in [6.07, 6.45) is 3.47. The number of hydrogen-bond donors (Lipinski definition) is 1. The molecule has 1 aromatic heterocycles. The van der Waals surface area contributed by atoms with Crippen molar-refractivity contribution >= 4 is 0 Å². The quantitative estimate of drug-likeness (QED) is 0.778. The molecule has 0 unspecified atom stereocenters. The molecule has 0 atom stereocenters. The zero-order valence-corrected chi connectivity index (χ0v) is 7.72. The summed E-state index contributed by atoms with van der Waals surface area (Å²) in [5, 5.41) is 8.97. The highest BCUT2D eigenvalue weighted by Crippen LogP contribution is 2.18. The van der Waals surface area contributed by atoms with Gasteiger partial charge in [0.1, 0.15) is 0 Å². The van der Waals surface area contributed by atoms with Crippen LogP contribution in [0.25, 0.3) is 11.1 Å². The molecule has 0 saturated heterocycles. The molecule has 2 heteroatoms. The molecule has 2 rings (SSSR count). The molecule has 14 heavy (non-hydrogen) atoms. The van der Waals surface area contributed by atoms with E-state index in [1.54, 1.807) is 12.4 Å². The Kier molecular flexibility index (Phi) is 2.56. The predicted molar refractivity (Wildman–Crippen MR) is 55.6 cm³/mol. The highest BCUT2D eigenvalue weighted by molar-refractivity contribution is 5.62. The lowest BCUT2D eigenvalue weighted by atomic mass is 10.1. The van der Waals surface area contributed by atoms with Crippen molar-refractivity contribution in [3.05, 3.63) is 54.4 Å². The normalized spacial score (nSPS) is 10.1. The molecule has 0 spiro atoms. The van der Waals surface area contributed by atoms with E-state index in [2.05, 4.69) is 4.98 Å². The van der Waals surface area contributed by atoms with Gasteiger partial charge in [0.25, 0.3) is 0 Å². The molecule has 1 heterocycles. The van der Waals surface area contributed by atoms with Crippen LogP contribution in [0.5, 0.6) is 0 Å². The zero-order chi connectivity index (χ0) is 9.80. The van der Waals surface area contributed by atoms with Crippen LogP contribution in [0, 0.1) is 0 Å². The Morgan fingerprint density at radius 2 is 1.79 bits per heavy atom. The Labute approximate surface area is 82.9 Å². The standard InChI is InChI=1S/C12H11NO/c14-9-10-6-12(8-13-7-10)11-4-2-1-3-5-11/h1-8,14H,9H2. The van der Waals surface area contributed by atoms with E-state index >= 15 is 0 Å². The van der Waals surface area contributed by atoms with E-state index in [9.17, 15) is 0 Å². The van der Waals surface area contributed by atoms with Crippen molar-refractivity contribution < 1.29 is 5.11 Å². The molecular weight excluding hydrogens is 174 g/mol. The summed E-state index contributed by atoms with van der Waals surface area (Å²) in [7, 11) is 0. The lowest BCUT2D eigenvalue weighted by Gasteiger charge is -2.02. The summed E-state index contributed by atoms with van der Waals surface area (Å²) < 4.78 is 0. The molecule has 70 valence electrons. The summed E-state index contributed by atoms with van der Waals surface area (Å²) in [6, 6.07) is 12.0. The van der Waals surface area contributed by atoms with E-state index in [0.29, 0.717) is 0 Å². The highest BCUT2D eigenvalue weighted by atomic mass is 16.3. The second-order valence-corrected chi connectivity index (χ2v) is 3.11. The number of aliphatic hydroxyl groups is 1. The number of aromatic nitrogens is 1. The van der Waals surface area contributed by atoms with Gasteiger partial charge in [-0.05, 0) is 17.2 Å². The van der Waals surface area contributed by atoms with Crippen molar-refractivity contribution in [2.24, 2.45) is 0 Å². The fourth-order valence-electron chi connectivity index (χ4n) is 1.36. The van der Waals surface area contributed by atoms with Crippen LogP contribution in [-0.2, 0) is 6.61 Å². The van der Waals surface area contributed by atoms with E-state index in [4.69, 9.17) is 5.11 Å². The van der Waals surface area contributed by atoms with Gasteiger partial charge in [-0.25, -0.2) is 0 Å². The monoisotopic (exact) mass is 185 g/mol. The minimum atomic E-state index is 0.0354. The average Bonchev–Trinajstić information content (AvgIpc) is 2.30. The molecule has 0 fully saturated rings. The molecule has 2 nitrogen and oxygen atoms in total. The molecule has 0 amide bonds. The van der Waals surface area contributed by atoms with E-state index in [1.807, 2.05) is 36.4 Å². The Hall–Kier alpha value is -1.67. The second-order valence-electron chi connectivity index (χ2n) is 3.11. The van der Waals surface area contributed by atoms with Crippen LogP contribution < -0.4 is 0 Å². The van der Waals surface area contributed by atoms with Crippen LogP contribution in [0.15, 0.2) is 48.8 Å². The molecule has 2 aromatic rings. The largest absolute Gasteiger partial charge is 0.392 e. The van der Waals surface area contributed by atoms with Gasteiger partial charge in [0, 0.05) is 18.0 Å². The molecule has 1 N–H and O–H groups in total. The first kappa shape index (κ1) is 8.91. The number of rotatable bonds is 2. The van der Waals surface area contributed by atoms with Crippen molar-refractivity contribution in [1.29, 1.82) is 0 Å². The Morgan fingerprint density at radius 3 is 2.50 bits per heavy atom. The summed E-state index contributed by atoms with van der Waals surface area (Å²) in [4.78, 5) is 4.07. The maximum absolute atomic E-state index is 8.97. The summed E-state index contributed by atoms with van der Waals surface area (Å²) in [6.45, 7) is 0.0354. The minimum absolute atomic E-state index is 0.0354. The first-order chi connectivity index (χ1) is 6.90. The second kappa shape index (κ2) is 4.03. The summed E-state index contributed by atoms with van der Waals surface area (Å²) in [5.74, 6) is 0. The third kappa shape index (κ3) is 1.80. The van der Waals surface area contributed by atoms with Crippen LogP contribution in [0.1, 0.15) is 5.56 Å². The number of pyridine rings is 1. The molecule has 0 saturated carbocycles. The zero-order valence-electron chi connectivity index (χ0n) is 7.72. The topological polar surface area (TPSA) is 33.1 Å². The molecule has 0 bridgehead atoms. The summed E-state index contributed by atoms with van der Waals surface area (Å²) >= 11 is 0. The van der Waals surface area contributed by atoms with Crippen LogP contribution in [0.4, 0.5) is 0 Å². The van der Waals surface area contributed by atoms with Crippen molar-refractivity contribution in [1.82, 2.24) is 4.98 Å². The fourth-order valence-corrected chi connectivity index (χ4v) is 1.36. The molecule has 0 radical (unpaired) electrons. The van der Waals surface area contributed by atoms with Crippen molar-refractivity contribution in [3.63, 3.8) is 0 Å². The third-order valence-electron chi connectivity index (χ3n) is 2.08. The van der Waals surface area contributed by atoms with Gasteiger partial charge in [-0.1, -0.05) is 30.3 Å². The molecule has 0 aliphatic rings. The lowest BCUT2D eigenvalue weighted by molar-refractivity contribution is 0.281. The molecule has 0 aliphatic carbocycles. The SMILES string of the molecule is OCc1cncc(-c2ccccc2)c1. The van der Waals surface area contributed by atoms with Crippen molar-refractivity contribution in [2.75, 3.05) is 0 Å². The smallest absolute Gasteiger partial charge is 0.0697 e. The predicted octanol–water partition coefficient (Wildman–Crippen LogP) is 2.24. The summed E-state index contributed by atoms with van der Waals surface area (Å²) in [5.41, 5.74) is 3.00. The fraction of sp³-hybridized carbons (Fsp3) is 0.0833. The molecular formula is C12H11NO. The first-order valence-corrected chi connectivity index (χ1v) is 4.50. The van der Waals surface area contributed by atoms with Crippen LogP contribution in [0.2, 0.25) is 0 Å². The van der Waals surface area contributed by atoms with E-state index < -0.39 is 0 Å². The maximum Gasteiger partial charge on any atom is 0.0697 e. The molecule has 1 aromatic carbocycles. The van der Waals surface area contributed by atoms with Crippen molar-refractivity contribution in [3.8, 4) is 11.1 Å². The van der Waals surface area contributed by atoms with Gasteiger partial charge >= 0.3 is 0 Å². The van der Waals surface area contributed by atoms with Gasteiger partial charge in [-0.2, -0.15) is 0 Å². The first-order valence-electron chi connectivity index (χ1n) is 4.50. The van der Waals surface area contributed by atoms with Gasteiger partial charge in [-0.3, -0.25) is 4.98 Å². The average molecular weight is 185 g/mol. The highest BCUT2D eigenvalue weighted by Gasteiger charge is 1.97. The van der Waals surface area contributed by atoms with Crippen molar-refractivity contribution in [2.45, 2.75) is 6.61 Å². The minimum Gasteiger partial charge on any atom is -0.392 e. The van der Waals surface area contributed by atoms with Gasteiger partial charge in [-0.15, -0.1) is 0 Å². The van der Waals surface area contributed by atoms with Gasteiger partial charge in [0.2, 0.25) is 0 Å². The third-order valence-corrected chi connectivity index (χ3v) is 2.08. The van der Waals surface area contributed by atoms with E-state index in [-0.39, 0.29) is 6.61 Å². The number of aliphatic hydroxyl groups excluding tert-OH is 1. The van der Waals surface area contributed by atoms with Gasteiger partial charge in [0.05, 0.1) is 6.61 Å². The Balaban J connectivity index is 2.42. The lowest BCUT2D eigenvalue weighted by Crippen LogP contribution is -1.86. The van der Waals surface area contributed by atoms with Crippen LogP contribution in [0.3, 0.4) is 0 Å². The number of nitrogens with zero attached hydrogens (tertiary/aromatic N) is 1. The Bertz CT molecular complexity index is 412. The van der Waals surface area contributed by atoms with Gasteiger partial charge in [0.15, 0.2) is 0 Å². The number of benzene rings is 1. The van der Waals surface area contributed by atoms with E-state index in [1.165, 1.54) is 0 Å². The van der Waals surface area contributed by atoms with Gasteiger partial charge < -0.3 is 5.11 Å². The van der Waals surface area contributed by atoms with E-state index in [0.717, 1.165) is 16.7 Å². The van der Waals surface area contributed by atoms with Crippen LogP contribution in [-0.4, -0.2) is 10.1 Å². The number of hydrogen-bond acceptors (Lipinski definition) is 2. The molecule has 0 aliphatic heterocycles. The Morgan fingerprint density at radius 1 is 1.00 bits per heavy atom. The van der Waals surface area contributed by atoms with Crippen LogP contribution >= 0.6 is 0 Å². The maximum atomic E-state index is 8.97.